The van der Waals surface area contributed by atoms with Crippen molar-refractivity contribution in [3.8, 4) is 0 Å². The lowest BCUT2D eigenvalue weighted by atomic mass is 10.1. The van der Waals surface area contributed by atoms with Crippen molar-refractivity contribution >= 4 is 27.3 Å². The standard InChI is InChI=1S/C13H10BrF4NS/c14-12-2-1-11(20-12)7-19-6-8-3-9(13(16,17)18)5-10(15)4-8/h1-5,19H,6-7H2. The van der Waals surface area contributed by atoms with Gasteiger partial charge in [0.1, 0.15) is 5.82 Å². The van der Waals surface area contributed by atoms with E-state index in [1.54, 1.807) is 0 Å². The topological polar surface area (TPSA) is 12.0 Å². The van der Waals surface area contributed by atoms with Crippen LogP contribution in [0.5, 0.6) is 0 Å². The van der Waals surface area contributed by atoms with E-state index >= 15 is 0 Å². The van der Waals surface area contributed by atoms with Crippen molar-refractivity contribution in [3.63, 3.8) is 0 Å². The lowest BCUT2D eigenvalue weighted by molar-refractivity contribution is -0.137. The van der Waals surface area contributed by atoms with Gasteiger partial charge in [-0.15, -0.1) is 11.3 Å². The number of hydrogen-bond acceptors (Lipinski definition) is 2. The summed E-state index contributed by atoms with van der Waals surface area (Å²) in [6, 6.07) is 6.37. The number of alkyl halides is 3. The van der Waals surface area contributed by atoms with Gasteiger partial charge in [0.05, 0.1) is 9.35 Å². The summed E-state index contributed by atoms with van der Waals surface area (Å²) in [6.45, 7) is 0.699. The molecule has 1 heterocycles. The van der Waals surface area contributed by atoms with Gasteiger partial charge in [-0.05, 0) is 51.8 Å². The fraction of sp³-hybridized carbons (Fsp3) is 0.231. The number of nitrogens with one attached hydrogen (secondary N) is 1. The molecule has 2 aromatic rings. The minimum atomic E-state index is -4.53. The van der Waals surface area contributed by atoms with E-state index in [0.29, 0.717) is 12.6 Å². The van der Waals surface area contributed by atoms with E-state index in [1.807, 2.05) is 12.1 Å². The van der Waals surface area contributed by atoms with Crippen molar-refractivity contribution in [2.24, 2.45) is 0 Å². The molecule has 0 atom stereocenters. The van der Waals surface area contributed by atoms with Crippen LogP contribution in [0.15, 0.2) is 34.1 Å². The summed E-state index contributed by atoms with van der Waals surface area (Å²) in [5.41, 5.74) is -0.693. The van der Waals surface area contributed by atoms with E-state index < -0.39 is 17.6 Å². The normalized spacial score (nSPS) is 11.8. The zero-order valence-corrected chi connectivity index (χ0v) is 12.5. The van der Waals surface area contributed by atoms with E-state index in [2.05, 4.69) is 21.2 Å². The highest BCUT2D eigenvalue weighted by Gasteiger charge is 2.31. The molecule has 7 heteroatoms. The molecule has 0 aliphatic rings. The molecular formula is C13H10BrF4NS. The predicted octanol–water partition coefficient (Wildman–Crippen LogP) is 4.96. The zero-order chi connectivity index (χ0) is 14.8. The molecule has 1 aromatic carbocycles. The fourth-order valence-corrected chi connectivity index (χ4v) is 3.15. The SMILES string of the molecule is Fc1cc(CNCc2ccc(Br)s2)cc(C(F)(F)F)c1. The second-order valence-corrected chi connectivity index (χ2v) is 6.70. The van der Waals surface area contributed by atoms with Crippen LogP contribution < -0.4 is 5.32 Å². The maximum Gasteiger partial charge on any atom is 0.416 e. The number of thiophene rings is 1. The fourth-order valence-electron chi connectivity index (χ4n) is 1.69. The molecule has 0 saturated heterocycles. The molecule has 1 nitrogen and oxygen atoms in total. The van der Waals surface area contributed by atoms with Gasteiger partial charge in [-0.25, -0.2) is 4.39 Å². The Morgan fingerprint density at radius 3 is 2.45 bits per heavy atom. The smallest absolute Gasteiger partial charge is 0.308 e. The largest absolute Gasteiger partial charge is 0.416 e. The summed E-state index contributed by atoms with van der Waals surface area (Å²) in [6.07, 6.45) is -4.53. The van der Waals surface area contributed by atoms with Crippen molar-refractivity contribution in [2.45, 2.75) is 19.3 Å². The lowest BCUT2D eigenvalue weighted by Gasteiger charge is -2.10. The van der Waals surface area contributed by atoms with Gasteiger partial charge < -0.3 is 5.32 Å². The molecule has 0 amide bonds. The average Bonchev–Trinajstić information content (AvgIpc) is 2.73. The Balaban J connectivity index is 2.00. The Hall–Kier alpha value is -0.920. The Labute approximate surface area is 125 Å². The second-order valence-electron chi connectivity index (χ2n) is 4.16. The van der Waals surface area contributed by atoms with Crippen LogP contribution in [0, 0.1) is 5.82 Å². The molecule has 0 aliphatic carbocycles. The number of rotatable bonds is 4. The molecule has 0 saturated carbocycles. The zero-order valence-electron chi connectivity index (χ0n) is 10.1. The first-order chi connectivity index (χ1) is 9.34. The molecule has 0 bridgehead atoms. The van der Waals surface area contributed by atoms with Crippen LogP contribution in [0.2, 0.25) is 0 Å². The van der Waals surface area contributed by atoms with Crippen LogP contribution >= 0.6 is 27.3 Å². The van der Waals surface area contributed by atoms with Crippen LogP contribution in [0.25, 0.3) is 0 Å². The van der Waals surface area contributed by atoms with E-state index in [-0.39, 0.29) is 12.1 Å². The van der Waals surface area contributed by atoms with E-state index in [1.165, 1.54) is 11.3 Å². The molecule has 0 aliphatic heterocycles. The van der Waals surface area contributed by atoms with Crippen LogP contribution in [0.1, 0.15) is 16.0 Å². The Morgan fingerprint density at radius 1 is 1.10 bits per heavy atom. The molecule has 0 spiro atoms. The quantitative estimate of drug-likeness (QED) is 0.753. The van der Waals surface area contributed by atoms with Crippen molar-refractivity contribution in [1.29, 1.82) is 0 Å². The maximum absolute atomic E-state index is 13.2. The highest BCUT2D eigenvalue weighted by molar-refractivity contribution is 9.11. The molecule has 1 N–H and O–H groups in total. The summed E-state index contributed by atoms with van der Waals surface area (Å²) in [5, 5.41) is 2.99. The second kappa shape index (κ2) is 6.24. The molecule has 2 rings (SSSR count). The number of hydrogen-bond donors (Lipinski definition) is 1. The number of benzene rings is 1. The molecule has 1 aromatic heterocycles. The van der Waals surface area contributed by atoms with Gasteiger partial charge >= 0.3 is 6.18 Å². The monoisotopic (exact) mass is 367 g/mol. The van der Waals surface area contributed by atoms with Crippen molar-refractivity contribution in [2.75, 3.05) is 0 Å². The van der Waals surface area contributed by atoms with Crippen LogP contribution in [0.3, 0.4) is 0 Å². The first-order valence-electron chi connectivity index (χ1n) is 5.66. The van der Waals surface area contributed by atoms with Gasteiger partial charge in [0.15, 0.2) is 0 Å². The van der Waals surface area contributed by atoms with Gasteiger partial charge in [-0.2, -0.15) is 13.2 Å². The van der Waals surface area contributed by atoms with E-state index in [0.717, 1.165) is 20.8 Å². The lowest BCUT2D eigenvalue weighted by Crippen LogP contribution is -2.13. The van der Waals surface area contributed by atoms with E-state index in [4.69, 9.17) is 0 Å². The Kier molecular flexibility index (Phi) is 4.82. The maximum atomic E-state index is 13.2. The highest BCUT2D eigenvalue weighted by atomic mass is 79.9. The summed E-state index contributed by atoms with van der Waals surface area (Å²) in [5.74, 6) is -0.879. The van der Waals surface area contributed by atoms with E-state index in [9.17, 15) is 17.6 Å². The molecule has 20 heavy (non-hydrogen) atoms. The van der Waals surface area contributed by atoms with Gasteiger partial charge in [-0.3, -0.25) is 0 Å². The summed E-state index contributed by atoms with van der Waals surface area (Å²) < 4.78 is 51.8. The first-order valence-corrected chi connectivity index (χ1v) is 7.27. The minimum Gasteiger partial charge on any atom is -0.308 e. The Morgan fingerprint density at radius 2 is 1.85 bits per heavy atom. The van der Waals surface area contributed by atoms with Gasteiger partial charge in [0.25, 0.3) is 0 Å². The van der Waals surface area contributed by atoms with Crippen molar-refractivity contribution in [3.05, 3.63) is 55.9 Å². The van der Waals surface area contributed by atoms with Gasteiger partial charge in [0, 0.05) is 18.0 Å². The van der Waals surface area contributed by atoms with Gasteiger partial charge in [-0.1, -0.05) is 0 Å². The third-order valence-electron chi connectivity index (χ3n) is 2.54. The van der Waals surface area contributed by atoms with Crippen LogP contribution in [-0.4, -0.2) is 0 Å². The third kappa shape index (κ3) is 4.29. The summed E-state index contributed by atoms with van der Waals surface area (Å²) in [7, 11) is 0. The van der Waals surface area contributed by atoms with Gasteiger partial charge in [0.2, 0.25) is 0 Å². The number of halogens is 5. The molecule has 0 fully saturated rings. The first kappa shape index (κ1) is 15.5. The predicted molar refractivity (Wildman–Crippen MR) is 74.0 cm³/mol. The van der Waals surface area contributed by atoms with Crippen LogP contribution in [-0.2, 0) is 19.3 Å². The van der Waals surface area contributed by atoms with Crippen molar-refractivity contribution in [1.82, 2.24) is 5.32 Å². The third-order valence-corrected chi connectivity index (χ3v) is 4.17. The average molecular weight is 368 g/mol. The molecule has 0 unspecified atom stereocenters. The van der Waals surface area contributed by atoms with Crippen molar-refractivity contribution < 1.29 is 17.6 Å². The Bertz CT molecular complexity index is 594. The minimum absolute atomic E-state index is 0.177. The van der Waals surface area contributed by atoms with Crippen LogP contribution in [0.4, 0.5) is 17.6 Å². The molecular weight excluding hydrogens is 358 g/mol. The summed E-state index contributed by atoms with van der Waals surface area (Å²) >= 11 is 4.86. The summed E-state index contributed by atoms with van der Waals surface area (Å²) in [4.78, 5) is 1.05. The molecule has 0 radical (unpaired) electrons. The molecule has 108 valence electrons. The highest BCUT2D eigenvalue weighted by Crippen LogP contribution is 2.30.